The Morgan fingerprint density at radius 2 is 1.82 bits per heavy atom. The number of piperazine rings is 1. The highest BCUT2D eigenvalue weighted by atomic mass is 19.1. The van der Waals surface area contributed by atoms with Gasteiger partial charge in [0.15, 0.2) is 0 Å². The van der Waals surface area contributed by atoms with E-state index in [4.69, 9.17) is 4.74 Å². The lowest BCUT2D eigenvalue weighted by Gasteiger charge is -2.43. The SMILES string of the molecule is CN1CCN(Cc2ccc(Nc3ncc4ccn(C5C=C(F)C(C)(N6CCOCC6)C(F)=C5)c4n3)cn2)CC1=O. The number of anilines is 2. The maximum Gasteiger partial charge on any atom is 0.236 e. The zero-order chi connectivity index (χ0) is 27.9. The molecule has 210 valence electrons. The maximum absolute atomic E-state index is 15.5. The van der Waals surface area contributed by atoms with Crippen LogP contribution in [0.3, 0.4) is 0 Å². The van der Waals surface area contributed by atoms with Gasteiger partial charge in [-0.15, -0.1) is 0 Å². The summed E-state index contributed by atoms with van der Waals surface area (Å²) in [7, 11) is 1.82. The van der Waals surface area contributed by atoms with E-state index in [-0.39, 0.29) is 5.91 Å². The van der Waals surface area contributed by atoms with Gasteiger partial charge in [-0.2, -0.15) is 4.98 Å². The summed E-state index contributed by atoms with van der Waals surface area (Å²) in [4.78, 5) is 31.1. The van der Waals surface area contributed by atoms with Crippen LogP contribution in [0.2, 0.25) is 0 Å². The lowest BCUT2D eigenvalue weighted by molar-refractivity contribution is -0.134. The molecule has 0 bridgehead atoms. The average molecular weight is 551 g/mol. The third-order valence-corrected chi connectivity index (χ3v) is 7.99. The highest BCUT2D eigenvalue weighted by Crippen LogP contribution is 2.41. The second-order valence-electron chi connectivity index (χ2n) is 10.6. The van der Waals surface area contributed by atoms with E-state index in [1.807, 2.05) is 25.2 Å². The van der Waals surface area contributed by atoms with Gasteiger partial charge in [-0.25, -0.2) is 13.8 Å². The standard InChI is InChI=1S/C28H32F2N8O2/c1-28(37-9-11-40-12-10-37)23(29)13-22(14-24(28)30)38-6-5-19-15-32-27(34-26(19)38)33-20-3-4-21(31-16-20)17-36-8-7-35(2)25(39)18-36/h3-6,13-16,22H,7-12,17-18H2,1-2H3,(H,32,33,34). The Labute approximate surface area is 230 Å². The van der Waals surface area contributed by atoms with Crippen LogP contribution >= 0.6 is 0 Å². The van der Waals surface area contributed by atoms with Gasteiger partial charge in [0, 0.05) is 57.6 Å². The summed E-state index contributed by atoms with van der Waals surface area (Å²) in [5.41, 5.74) is 0.683. The molecule has 1 amide bonds. The molecule has 3 aromatic heterocycles. The number of rotatable bonds is 6. The van der Waals surface area contributed by atoms with Gasteiger partial charge in [0.2, 0.25) is 11.9 Å². The molecule has 40 heavy (non-hydrogen) atoms. The number of amides is 1. The Morgan fingerprint density at radius 3 is 2.52 bits per heavy atom. The first kappa shape index (κ1) is 26.5. The van der Waals surface area contributed by atoms with E-state index >= 15 is 8.78 Å². The Balaban J connectivity index is 1.18. The van der Waals surface area contributed by atoms with Crippen molar-refractivity contribution in [1.29, 1.82) is 0 Å². The topological polar surface area (TPSA) is 91.7 Å². The molecule has 1 aliphatic carbocycles. The Morgan fingerprint density at radius 1 is 1.05 bits per heavy atom. The van der Waals surface area contributed by atoms with Gasteiger partial charge >= 0.3 is 0 Å². The van der Waals surface area contributed by atoms with Crippen molar-refractivity contribution in [3.8, 4) is 0 Å². The molecular formula is C28H32F2N8O2. The van der Waals surface area contributed by atoms with E-state index in [1.54, 1.807) is 39.9 Å². The molecule has 0 atom stereocenters. The number of morpholine rings is 1. The van der Waals surface area contributed by atoms with Crippen LogP contribution in [0.1, 0.15) is 18.7 Å². The largest absolute Gasteiger partial charge is 0.379 e. The summed E-state index contributed by atoms with van der Waals surface area (Å²) >= 11 is 0. The molecular weight excluding hydrogens is 518 g/mol. The molecule has 0 radical (unpaired) electrons. The number of pyridine rings is 1. The molecule has 6 rings (SSSR count). The molecule has 1 N–H and O–H groups in total. The molecule has 0 spiro atoms. The number of carbonyl (C=O) groups excluding carboxylic acids is 1. The monoisotopic (exact) mass is 550 g/mol. The van der Waals surface area contributed by atoms with Gasteiger partial charge < -0.3 is 19.5 Å². The van der Waals surface area contributed by atoms with Crippen LogP contribution in [0, 0.1) is 0 Å². The highest BCUT2D eigenvalue weighted by Gasteiger charge is 2.44. The number of nitrogens with one attached hydrogen (secondary N) is 1. The minimum Gasteiger partial charge on any atom is -0.379 e. The predicted molar refractivity (Wildman–Crippen MR) is 146 cm³/mol. The first-order valence-corrected chi connectivity index (χ1v) is 13.4. The lowest BCUT2D eigenvalue weighted by Crippen LogP contribution is -2.53. The van der Waals surface area contributed by atoms with E-state index in [0.717, 1.165) is 17.6 Å². The second kappa shape index (κ2) is 10.7. The number of ether oxygens (including phenoxy) is 1. The van der Waals surface area contributed by atoms with E-state index in [0.29, 0.717) is 63.2 Å². The number of hydrogen-bond acceptors (Lipinski definition) is 8. The van der Waals surface area contributed by atoms with Crippen LogP contribution in [0.4, 0.5) is 20.4 Å². The van der Waals surface area contributed by atoms with Crippen molar-refractivity contribution in [2.24, 2.45) is 0 Å². The first-order chi connectivity index (χ1) is 19.3. The average Bonchev–Trinajstić information content (AvgIpc) is 3.38. The molecule has 0 saturated carbocycles. The molecule has 3 aromatic rings. The van der Waals surface area contributed by atoms with Gasteiger partial charge in [-0.3, -0.25) is 19.6 Å². The molecule has 3 aliphatic rings. The van der Waals surface area contributed by atoms with Crippen molar-refractivity contribution in [2.45, 2.75) is 25.0 Å². The van der Waals surface area contributed by atoms with Crippen LogP contribution in [-0.4, -0.2) is 98.7 Å². The number of halogens is 2. The number of carbonyl (C=O) groups is 1. The van der Waals surface area contributed by atoms with Gasteiger partial charge in [-0.05, 0) is 37.3 Å². The Kier molecular flexibility index (Phi) is 7.07. The summed E-state index contributed by atoms with van der Waals surface area (Å²) in [6.07, 6.45) is 8.03. The van der Waals surface area contributed by atoms with Crippen molar-refractivity contribution in [2.75, 3.05) is 58.3 Å². The second-order valence-corrected chi connectivity index (χ2v) is 10.6. The lowest BCUT2D eigenvalue weighted by atomic mass is 9.89. The Bertz CT molecular complexity index is 1440. The normalized spacial score (nSPS) is 24.8. The summed E-state index contributed by atoms with van der Waals surface area (Å²) in [6, 6.07) is 4.94. The minimum atomic E-state index is -1.43. The molecule has 0 aromatic carbocycles. The van der Waals surface area contributed by atoms with Crippen LogP contribution in [0.15, 0.2) is 60.6 Å². The molecule has 2 fully saturated rings. The fourth-order valence-corrected chi connectivity index (χ4v) is 5.39. The molecule has 2 saturated heterocycles. The fraction of sp³-hybridized carbons (Fsp3) is 0.429. The number of nitrogens with zero attached hydrogens (tertiary/aromatic N) is 7. The third-order valence-electron chi connectivity index (χ3n) is 7.99. The van der Waals surface area contributed by atoms with Crippen LogP contribution in [-0.2, 0) is 16.1 Å². The number of fused-ring (bicyclic) bond motifs is 1. The maximum atomic E-state index is 15.5. The van der Waals surface area contributed by atoms with E-state index in [9.17, 15) is 4.79 Å². The highest BCUT2D eigenvalue weighted by molar-refractivity contribution is 5.79. The number of likely N-dealkylation sites (N-methyl/N-ethyl adjacent to an activating group) is 1. The van der Waals surface area contributed by atoms with Crippen molar-refractivity contribution >= 4 is 28.6 Å². The number of allylic oxidation sites excluding steroid dienone is 2. The molecule has 10 nitrogen and oxygen atoms in total. The summed E-state index contributed by atoms with van der Waals surface area (Å²) < 4.78 is 38.1. The summed E-state index contributed by atoms with van der Waals surface area (Å²) in [5, 5.41) is 3.92. The first-order valence-electron chi connectivity index (χ1n) is 13.4. The van der Waals surface area contributed by atoms with Crippen molar-refractivity contribution in [3.63, 3.8) is 0 Å². The minimum absolute atomic E-state index is 0.109. The van der Waals surface area contributed by atoms with Crippen molar-refractivity contribution < 1.29 is 18.3 Å². The zero-order valence-corrected chi connectivity index (χ0v) is 22.6. The fourth-order valence-electron chi connectivity index (χ4n) is 5.39. The van der Waals surface area contributed by atoms with E-state index < -0.39 is 23.2 Å². The number of aromatic nitrogens is 4. The zero-order valence-electron chi connectivity index (χ0n) is 22.6. The van der Waals surface area contributed by atoms with Crippen LogP contribution in [0.25, 0.3) is 11.0 Å². The molecule has 2 aliphatic heterocycles. The van der Waals surface area contributed by atoms with Gasteiger partial charge in [0.05, 0.1) is 43.4 Å². The van der Waals surface area contributed by atoms with Crippen LogP contribution in [0.5, 0.6) is 0 Å². The quantitative estimate of drug-likeness (QED) is 0.501. The van der Waals surface area contributed by atoms with E-state index in [2.05, 4.69) is 25.2 Å². The van der Waals surface area contributed by atoms with E-state index in [1.165, 1.54) is 12.2 Å². The molecule has 0 unspecified atom stereocenters. The molecule has 5 heterocycles. The van der Waals surface area contributed by atoms with Gasteiger partial charge in [0.25, 0.3) is 0 Å². The van der Waals surface area contributed by atoms with Gasteiger partial charge in [-0.1, -0.05) is 0 Å². The third kappa shape index (κ3) is 4.98. The summed E-state index contributed by atoms with van der Waals surface area (Å²) in [5.74, 6) is -0.603. The van der Waals surface area contributed by atoms with Crippen molar-refractivity contribution in [1.82, 2.24) is 34.2 Å². The summed E-state index contributed by atoms with van der Waals surface area (Å²) in [6.45, 7) is 5.89. The molecule has 12 heteroatoms. The smallest absolute Gasteiger partial charge is 0.236 e. The van der Waals surface area contributed by atoms with Gasteiger partial charge in [0.1, 0.15) is 22.8 Å². The van der Waals surface area contributed by atoms with Crippen molar-refractivity contribution in [3.05, 3.63) is 66.3 Å². The van der Waals surface area contributed by atoms with Crippen LogP contribution < -0.4 is 5.32 Å². The predicted octanol–water partition coefficient (Wildman–Crippen LogP) is 3.20. The number of hydrogen-bond donors (Lipinski definition) is 1. The Hall–Kier alpha value is -3.74.